The molecule has 8 heteroatoms. The van der Waals surface area contributed by atoms with Gasteiger partial charge in [0.2, 0.25) is 5.96 Å². The number of aryl methyl sites for hydroxylation is 2. The second-order valence-electron chi connectivity index (χ2n) is 8.42. The number of anilines is 1. The van der Waals surface area contributed by atoms with Crippen molar-refractivity contribution in [3.05, 3.63) is 64.2 Å². The van der Waals surface area contributed by atoms with Crippen LogP contribution in [0.1, 0.15) is 16.7 Å². The van der Waals surface area contributed by atoms with Crippen LogP contribution >= 0.6 is 11.6 Å². The maximum atomic E-state index is 13.4. The van der Waals surface area contributed by atoms with Crippen molar-refractivity contribution in [3.63, 3.8) is 0 Å². The molecular formula is C23H24ClN5O2. The molecule has 5 rings (SSSR count). The molecule has 31 heavy (non-hydrogen) atoms. The SMILES string of the molecule is Cc1cc(C)cc(N2CCN3C2=NC2C3C(=O)N(Cc3ccc(Cl)cc3)C(=O)N2C)c1. The lowest BCUT2D eigenvalue weighted by atomic mass is 10.1. The van der Waals surface area contributed by atoms with Crippen LogP contribution in [0.5, 0.6) is 0 Å². The zero-order chi connectivity index (χ0) is 21.9. The van der Waals surface area contributed by atoms with Crippen molar-refractivity contribution in [2.45, 2.75) is 32.6 Å². The Bertz CT molecular complexity index is 1080. The summed E-state index contributed by atoms with van der Waals surface area (Å²) in [5.41, 5.74) is 4.29. The zero-order valence-electron chi connectivity index (χ0n) is 17.7. The summed E-state index contributed by atoms with van der Waals surface area (Å²) < 4.78 is 0. The van der Waals surface area contributed by atoms with E-state index in [1.165, 1.54) is 16.0 Å². The molecule has 7 nitrogen and oxygen atoms in total. The maximum Gasteiger partial charge on any atom is 0.328 e. The highest BCUT2D eigenvalue weighted by molar-refractivity contribution is 6.30. The van der Waals surface area contributed by atoms with Gasteiger partial charge < -0.3 is 14.7 Å². The van der Waals surface area contributed by atoms with Gasteiger partial charge in [-0.1, -0.05) is 29.8 Å². The Hall–Kier alpha value is -3.06. The molecule has 0 aromatic heterocycles. The Balaban J connectivity index is 1.44. The third kappa shape index (κ3) is 3.24. The number of hydrogen-bond donors (Lipinski definition) is 0. The molecule has 0 saturated carbocycles. The summed E-state index contributed by atoms with van der Waals surface area (Å²) in [6.45, 7) is 5.81. The van der Waals surface area contributed by atoms with Crippen LogP contribution < -0.4 is 4.90 Å². The molecule has 0 N–H and O–H groups in total. The topological polar surface area (TPSA) is 59.5 Å². The van der Waals surface area contributed by atoms with Crippen molar-refractivity contribution in [2.75, 3.05) is 25.0 Å². The predicted molar refractivity (Wildman–Crippen MR) is 120 cm³/mol. The van der Waals surface area contributed by atoms with E-state index in [1.807, 2.05) is 17.0 Å². The second kappa shape index (κ2) is 7.27. The van der Waals surface area contributed by atoms with E-state index < -0.39 is 12.2 Å². The smallest absolute Gasteiger partial charge is 0.325 e. The van der Waals surface area contributed by atoms with Crippen molar-refractivity contribution >= 4 is 35.2 Å². The summed E-state index contributed by atoms with van der Waals surface area (Å²) in [5, 5.41) is 0.620. The van der Waals surface area contributed by atoms with E-state index >= 15 is 0 Å². The van der Waals surface area contributed by atoms with E-state index in [1.54, 1.807) is 24.1 Å². The largest absolute Gasteiger partial charge is 0.328 e. The number of carbonyl (C=O) groups is 2. The number of imide groups is 1. The molecule has 2 aromatic rings. The van der Waals surface area contributed by atoms with Gasteiger partial charge in [-0.05, 0) is 54.8 Å². The van der Waals surface area contributed by atoms with Gasteiger partial charge in [-0.15, -0.1) is 0 Å². The number of guanidine groups is 1. The number of carbonyl (C=O) groups excluding carboxylic acids is 2. The van der Waals surface area contributed by atoms with E-state index in [9.17, 15) is 9.59 Å². The molecule has 2 unspecified atom stereocenters. The highest BCUT2D eigenvalue weighted by Gasteiger charge is 2.54. The molecule has 3 aliphatic rings. The quantitative estimate of drug-likeness (QED) is 0.739. The molecule has 0 aliphatic carbocycles. The number of urea groups is 1. The average molecular weight is 438 g/mol. The minimum atomic E-state index is -0.509. The second-order valence-corrected chi connectivity index (χ2v) is 8.86. The molecule has 160 valence electrons. The molecule has 2 aromatic carbocycles. The van der Waals surface area contributed by atoms with Crippen LogP contribution in [0.3, 0.4) is 0 Å². The Morgan fingerprint density at radius 3 is 2.39 bits per heavy atom. The Kier molecular flexibility index (Phi) is 4.66. The van der Waals surface area contributed by atoms with Gasteiger partial charge in [0.15, 0.2) is 12.2 Å². The van der Waals surface area contributed by atoms with Crippen LogP contribution in [0.25, 0.3) is 0 Å². The predicted octanol–water partition coefficient (Wildman–Crippen LogP) is 3.24. The van der Waals surface area contributed by atoms with Crippen LogP contribution in [-0.2, 0) is 11.3 Å². The number of benzene rings is 2. The summed E-state index contributed by atoms with van der Waals surface area (Å²) in [4.78, 5) is 38.4. The molecular weight excluding hydrogens is 414 g/mol. The van der Waals surface area contributed by atoms with Crippen molar-refractivity contribution in [3.8, 4) is 0 Å². The van der Waals surface area contributed by atoms with Gasteiger partial charge in [0.05, 0.1) is 6.54 Å². The molecule has 0 radical (unpaired) electrons. The Morgan fingerprint density at radius 2 is 1.71 bits per heavy atom. The first-order valence-corrected chi connectivity index (χ1v) is 10.7. The van der Waals surface area contributed by atoms with Crippen LogP contribution in [-0.4, -0.2) is 64.9 Å². The summed E-state index contributed by atoms with van der Waals surface area (Å²) in [7, 11) is 1.72. The average Bonchev–Trinajstić information content (AvgIpc) is 3.29. The van der Waals surface area contributed by atoms with Gasteiger partial charge in [0.1, 0.15) is 0 Å². The fraction of sp³-hybridized carbons (Fsp3) is 0.348. The van der Waals surface area contributed by atoms with Crippen LogP contribution in [0.2, 0.25) is 5.02 Å². The van der Waals surface area contributed by atoms with Crippen molar-refractivity contribution < 1.29 is 9.59 Å². The third-order valence-corrected chi connectivity index (χ3v) is 6.40. The number of halogens is 1. The molecule has 2 atom stereocenters. The summed E-state index contributed by atoms with van der Waals surface area (Å²) >= 11 is 5.97. The first kappa shape index (κ1) is 19.9. The number of amides is 3. The highest BCUT2D eigenvalue weighted by atomic mass is 35.5. The Labute approximate surface area is 186 Å². The lowest BCUT2D eigenvalue weighted by Gasteiger charge is -2.40. The fourth-order valence-corrected chi connectivity index (χ4v) is 4.83. The molecule has 3 heterocycles. The van der Waals surface area contributed by atoms with Gasteiger partial charge in [0.25, 0.3) is 5.91 Å². The monoisotopic (exact) mass is 437 g/mol. The summed E-state index contributed by atoms with van der Waals surface area (Å²) in [6, 6.07) is 12.8. The van der Waals surface area contributed by atoms with Crippen LogP contribution in [0, 0.1) is 13.8 Å². The van der Waals surface area contributed by atoms with E-state index in [-0.39, 0.29) is 18.5 Å². The number of rotatable bonds is 3. The lowest BCUT2D eigenvalue weighted by Crippen LogP contribution is -2.64. The van der Waals surface area contributed by atoms with E-state index in [4.69, 9.17) is 16.6 Å². The van der Waals surface area contributed by atoms with Gasteiger partial charge in [-0.3, -0.25) is 9.69 Å². The molecule has 2 saturated heterocycles. The van der Waals surface area contributed by atoms with E-state index in [2.05, 4.69) is 36.9 Å². The molecule has 2 fully saturated rings. The number of nitrogens with zero attached hydrogens (tertiary/aromatic N) is 5. The number of fused-ring (bicyclic) bond motifs is 3. The van der Waals surface area contributed by atoms with Crippen molar-refractivity contribution in [1.82, 2.24) is 14.7 Å². The van der Waals surface area contributed by atoms with Crippen molar-refractivity contribution in [1.29, 1.82) is 0 Å². The van der Waals surface area contributed by atoms with Gasteiger partial charge in [-0.2, -0.15) is 0 Å². The van der Waals surface area contributed by atoms with Crippen LogP contribution in [0.4, 0.5) is 10.5 Å². The third-order valence-electron chi connectivity index (χ3n) is 6.15. The number of likely N-dealkylation sites (N-methyl/N-ethyl adjacent to an activating group) is 1. The maximum absolute atomic E-state index is 13.4. The highest BCUT2D eigenvalue weighted by Crippen LogP contribution is 2.34. The standard InChI is InChI=1S/C23H24ClN5O2/c1-14-10-15(2)12-18(11-14)27-8-9-28-19-20(25-22(27)28)26(3)23(31)29(21(19)30)13-16-4-6-17(24)7-5-16/h4-7,10-12,19-20H,8-9,13H2,1-3H3. The van der Waals surface area contributed by atoms with E-state index in [0.29, 0.717) is 11.6 Å². The first-order chi connectivity index (χ1) is 14.8. The first-order valence-electron chi connectivity index (χ1n) is 10.4. The number of hydrogen-bond acceptors (Lipinski definition) is 5. The van der Waals surface area contributed by atoms with Gasteiger partial charge in [-0.25, -0.2) is 9.79 Å². The normalized spacial score (nSPS) is 22.8. The number of aliphatic imine (C=N–C) groups is 1. The minimum absolute atomic E-state index is 0.205. The lowest BCUT2D eigenvalue weighted by molar-refractivity contribution is -0.137. The van der Waals surface area contributed by atoms with Crippen molar-refractivity contribution in [2.24, 2.45) is 4.99 Å². The summed E-state index contributed by atoms with van der Waals surface area (Å²) in [5.74, 6) is 0.561. The molecule has 3 aliphatic heterocycles. The minimum Gasteiger partial charge on any atom is -0.325 e. The van der Waals surface area contributed by atoms with Gasteiger partial charge in [0, 0.05) is 30.8 Å². The molecule has 3 amide bonds. The Morgan fingerprint density at radius 1 is 1.03 bits per heavy atom. The summed E-state index contributed by atoms with van der Waals surface area (Å²) in [6.07, 6.45) is -0.509. The van der Waals surface area contributed by atoms with Gasteiger partial charge >= 0.3 is 6.03 Å². The molecule has 0 bridgehead atoms. The fourth-order valence-electron chi connectivity index (χ4n) is 4.71. The molecule has 0 spiro atoms. The van der Waals surface area contributed by atoms with Crippen LogP contribution in [0.15, 0.2) is 47.5 Å². The zero-order valence-corrected chi connectivity index (χ0v) is 18.5. The van der Waals surface area contributed by atoms with E-state index in [0.717, 1.165) is 23.8 Å².